The van der Waals surface area contributed by atoms with Gasteiger partial charge in [0.25, 0.3) is 0 Å². The Balaban J connectivity index is 2.62. The van der Waals surface area contributed by atoms with Gasteiger partial charge in [-0.3, -0.25) is 0 Å². The quantitative estimate of drug-likeness (QED) is 0.373. The number of sulfone groups is 1. The highest BCUT2D eigenvalue weighted by Crippen LogP contribution is 2.36. The standard InChI is InChI=1S/C18H17BrO6S/c1-24-17-14(15(19)10-20)9-8-12(16(17)18(21)25-2)11-26(22,23)13-6-4-3-5-7-13/h3-10,15H,11H2,1-2H3. The van der Waals surface area contributed by atoms with Gasteiger partial charge in [0, 0.05) is 5.56 Å². The fourth-order valence-electron chi connectivity index (χ4n) is 2.51. The summed E-state index contributed by atoms with van der Waals surface area (Å²) in [6.45, 7) is 0. The number of halogens is 1. The molecule has 2 aromatic rings. The molecular weight excluding hydrogens is 424 g/mol. The van der Waals surface area contributed by atoms with Crippen LogP contribution in [0, 0.1) is 0 Å². The van der Waals surface area contributed by atoms with Crippen molar-refractivity contribution in [3.63, 3.8) is 0 Å². The normalized spacial score (nSPS) is 12.3. The van der Waals surface area contributed by atoms with Crippen molar-refractivity contribution in [3.05, 3.63) is 59.2 Å². The van der Waals surface area contributed by atoms with Crippen molar-refractivity contribution in [1.29, 1.82) is 0 Å². The van der Waals surface area contributed by atoms with E-state index in [0.29, 0.717) is 11.8 Å². The fraction of sp³-hybridized carbons (Fsp3) is 0.222. The number of methoxy groups -OCH3 is 2. The Kier molecular flexibility index (Phi) is 6.55. The van der Waals surface area contributed by atoms with Gasteiger partial charge in [0.1, 0.15) is 17.6 Å². The number of benzene rings is 2. The van der Waals surface area contributed by atoms with Gasteiger partial charge in [0.2, 0.25) is 0 Å². The summed E-state index contributed by atoms with van der Waals surface area (Å²) < 4.78 is 35.5. The Morgan fingerprint density at radius 2 is 1.81 bits per heavy atom. The molecule has 0 N–H and O–H groups in total. The van der Waals surface area contributed by atoms with E-state index in [9.17, 15) is 18.0 Å². The zero-order chi connectivity index (χ0) is 19.3. The molecule has 0 aliphatic heterocycles. The van der Waals surface area contributed by atoms with Gasteiger partial charge in [-0.1, -0.05) is 46.3 Å². The van der Waals surface area contributed by atoms with Gasteiger partial charge in [-0.25, -0.2) is 13.2 Å². The van der Waals surface area contributed by atoms with Crippen molar-refractivity contribution >= 4 is 38.0 Å². The minimum atomic E-state index is -3.69. The second-order valence-electron chi connectivity index (χ2n) is 5.32. The molecule has 0 fully saturated rings. The highest BCUT2D eigenvalue weighted by atomic mass is 79.9. The number of ether oxygens (including phenoxy) is 2. The zero-order valence-electron chi connectivity index (χ0n) is 14.1. The molecule has 0 aliphatic carbocycles. The average molecular weight is 441 g/mol. The van der Waals surface area contributed by atoms with E-state index in [0.717, 1.165) is 0 Å². The largest absolute Gasteiger partial charge is 0.495 e. The Hall–Kier alpha value is -2.19. The maximum absolute atomic E-state index is 12.7. The first-order valence-electron chi connectivity index (χ1n) is 7.51. The number of alkyl halides is 1. The lowest BCUT2D eigenvalue weighted by Crippen LogP contribution is -2.14. The number of aldehydes is 1. The minimum absolute atomic E-state index is 0.0155. The Labute approximate surface area is 160 Å². The van der Waals surface area contributed by atoms with Gasteiger partial charge in [-0.15, -0.1) is 0 Å². The molecule has 0 bridgehead atoms. The van der Waals surface area contributed by atoms with Crippen molar-refractivity contribution in [2.45, 2.75) is 15.5 Å². The summed E-state index contributed by atoms with van der Waals surface area (Å²) in [5.41, 5.74) is 0.619. The summed E-state index contributed by atoms with van der Waals surface area (Å²) in [4.78, 5) is 22.8. The second-order valence-corrected chi connectivity index (χ2v) is 8.30. The molecule has 0 spiro atoms. The molecule has 8 heteroatoms. The zero-order valence-corrected chi connectivity index (χ0v) is 16.5. The van der Waals surface area contributed by atoms with Crippen LogP contribution in [0.1, 0.15) is 26.3 Å². The molecule has 26 heavy (non-hydrogen) atoms. The van der Waals surface area contributed by atoms with Gasteiger partial charge in [0.05, 0.1) is 29.7 Å². The van der Waals surface area contributed by atoms with E-state index in [4.69, 9.17) is 9.47 Å². The van der Waals surface area contributed by atoms with Gasteiger partial charge in [-0.05, 0) is 17.7 Å². The van der Waals surface area contributed by atoms with Crippen molar-refractivity contribution in [3.8, 4) is 5.75 Å². The van der Waals surface area contributed by atoms with E-state index < -0.39 is 26.4 Å². The predicted molar refractivity (Wildman–Crippen MR) is 99.4 cm³/mol. The summed E-state index contributed by atoms with van der Waals surface area (Å²) in [6.07, 6.45) is 0.638. The third-order valence-electron chi connectivity index (χ3n) is 3.73. The summed E-state index contributed by atoms with van der Waals surface area (Å²) in [6, 6.07) is 11.0. The van der Waals surface area contributed by atoms with E-state index in [1.165, 1.54) is 32.4 Å². The molecule has 0 amide bonds. The lowest BCUT2D eigenvalue weighted by atomic mass is 10.0. The van der Waals surface area contributed by atoms with Crippen molar-refractivity contribution < 1.29 is 27.5 Å². The Morgan fingerprint density at radius 3 is 2.35 bits per heavy atom. The molecule has 1 atom stereocenters. The molecule has 6 nitrogen and oxygen atoms in total. The van der Waals surface area contributed by atoms with Gasteiger partial charge in [-0.2, -0.15) is 0 Å². The van der Waals surface area contributed by atoms with E-state index in [1.807, 2.05) is 0 Å². The van der Waals surface area contributed by atoms with E-state index >= 15 is 0 Å². The number of esters is 1. The molecule has 0 saturated heterocycles. The van der Waals surface area contributed by atoms with Gasteiger partial charge < -0.3 is 14.3 Å². The van der Waals surface area contributed by atoms with Crippen LogP contribution in [-0.2, 0) is 25.1 Å². The maximum Gasteiger partial charge on any atom is 0.341 e. The van der Waals surface area contributed by atoms with Crippen LogP contribution in [0.5, 0.6) is 5.75 Å². The van der Waals surface area contributed by atoms with E-state index in [2.05, 4.69) is 15.9 Å². The van der Waals surface area contributed by atoms with Crippen LogP contribution in [0.15, 0.2) is 47.4 Å². The van der Waals surface area contributed by atoms with Crippen molar-refractivity contribution in [2.24, 2.45) is 0 Å². The number of hydrogen-bond donors (Lipinski definition) is 0. The van der Waals surface area contributed by atoms with Crippen LogP contribution in [0.2, 0.25) is 0 Å². The third kappa shape index (κ3) is 4.13. The summed E-state index contributed by atoms with van der Waals surface area (Å²) in [7, 11) is -1.16. The molecular formula is C18H17BrO6S. The smallest absolute Gasteiger partial charge is 0.341 e. The highest BCUT2D eigenvalue weighted by molar-refractivity contribution is 9.09. The summed E-state index contributed by atoms with van der Waals surface area (Å²) >= 11 is 3.19. The molecule has 0 aromatic heterocycles. The number of carbonyl (C=O) groups is 2. The first kappa shape index (κ1) is 20.1. The van der Waals surface area contributed by atoms with E-state index in [-0.39, 0.29) is 21.8 Å². The lowest BCUT2D eigenvalue weighted by molar-refractivity contribution is -0.107. The van der Waals surface area contributed by atoms with Crippen molar-refractivity contribution in [2.75, 3.05) is 14.2 Å². The first-order chi connectivity index (χ1) is 12.4. The van der Waals surface area contributed by atoms with E-state index in [1.54, 1.807) is 24.3 Å². The molecule has 0 saturated carbocycles. The number of rotatable bonds is 7. The molecule has 0 heterocycles. The van der Waals surface area contributed by atoms with Crippen LogP contribution in [0.4, 0.5) is 0 Å². The Bertz CT molecular complexity index is 909. The van der Waals surface area contributed by atoms with Crippen LogP contribution in [-0.4, -0.2) is 34.9 Å². The summed E-state index contributed by atoms with van der Waals surface area (Å²) in [5, 5.41) is 0. The number of carbonyl (C=O) groups excluding carboxylic acids is 2. The minimum Gasteiger partial charge on any atom is -0.495 e. The first-order valence-corrected chi connectivity index (χ1v) is 10.1. The van der Waals surface area contributed by atoms with Crippen LogP contribution < -0.4 is 4.74 Å². The fourth-order valence-corrected chi connectivity index (χ4v) is 4.26. The molecule has 1 unspecified atom stereocenters. The monoisotopic (exact) mass is 440 g/mol. The second kappa shape index (κ2) is 8.46. The van der Waals surface area contributed by atoms with Crippen molar-refractivity contribution in [1.82, 2.24) is 0 Å². The molecule has 0 aliphatic rings. The molecule has 138 valence electrons. The molecule has 2 rings (SSSR count). The van der Waals surface area contributed by atoms with Crippen LogP contribution in [0.25, 0.3) is 0 Å². The average Bonchev–Trinajstić information content (AvgIpc) is 2.66. The highest BCUT2D eigenvalue weighted by Gasteiger charge is 2.27. The Morgan fingerprint density at radius 1 is 1.15 bits per heavy atom. The third-order valence-corrected chi connectivity index (χ3v) is 6.12. The van der Waals surface area contributed by atoms with Crippen LogP contribution >= 0.6 is 15.9 Å². The molecule has 2 aromatic carbocycles. The number of hydrogen-bond acceptors (Lipinski definition) is 6. The van der Waals surface area contributed by atoms with Gasteiger partial charge >= 0.3 is 5.97 Å². The van der Waals surface area contributed by atoms with Gasteiger partial charge in [0.15, 0.2) is 9.84 Å². The topological polar surface area (TPSA) is 86.7 Å². The van der Waals surface area contributed by atoms with Crippen LogP contribution in [0.3, 0.4) is 0 Å². The SMILES string of the molecule is COC(=O)c1c(CS(=O)(=O)c2ccccc2)ccc(C(Br)C=O)c1OC. The molecule has 0 radical (unpaired) electrons. The lowest BCUT2D eigenvalue weighted by Gasteiger charge is -2.17. The predicted octanol–water partition coefficient (Wildman–Crippen LogP) is 3.09. The maximum atomic E-state index is 12.7. The summed E-state index contributed by atoms with van der Waals surface area (Å²) in [5.74, 6) is -1.05.